The third-order valence-corrected chi connectivity index (χ3v) is 2.81. The van der Waals surface area contributed by atoms with Crippen molar-refractivity contribution < 1.29 is 9.47 Å². The molecule has 0 fully saturated rings. The molecule has 0 aliphatic rings. The van der Waals surface area contributed by atoms with E-state index in [1.807, 2.05) is 6.07 Å². The molecule has 0 bridgehead atoms. The minimum atomic E-state index is -0.185. The van der Waals surface area contributed by atoms with Gasteiger partial charge in [0.25, 0.3) is 5.56 Å². The Hall–Kier alpha value is -2.34. The molecule has 0 saturated heterocycles. The maximum absolute atomic E-state index is 11.7. The number of H-pyrrole nitrogens is 1. The van der Waals surface area contributed by atoms with Crippen LogP contribution in [0.15, 0.2) is 29.1 Å². The van der Waals surface area contributed by atoms with E-state index in [-0.39, 0.29) is 5.56 Å². The first kappa shape index (κ1) is 14.1. The summed E-state index contributed by atoms with van der Waals surface area (Å²) in [6.07, 6.45) is 0. The van der Waals surface area contributed by atoms with Crippen molar-refractivity contribution in [3.05, 3.63) is 40.3 Å². The molecule has 0 atom stereocenters. The van der Waals surface area contributed by atoms with Crippen molar-refractivity contribution in [3.8, 4) is 22.9 Å². The first-order valence-electron chi connectivity index (χ1n) is 6.15. The summed E-state index contributed by atoms with van der Waals surface area (Å²) < 4.78 is 10.4. The van der Waals surface area contributed by atoms with Crippen molar-refractivity contribution in [2.45, 2.75) is 6.54 Å². The number of hydrogen-bond donors (Lipinski definition) is 2. The van der Waals surface area contributed by atoms with E-state index in [1.165, 1.54) is 6.07 Å². The van der Waals surface area contributed by atoms with Gasteiger partial charge < -0.3 is 19.8 Å². The lowest BCUT2D eigenvalue weighted by Crippen LogP contribution is -2.14. The largest absolute Gasteiger partial charge is 0.493 e. The first-order chi connectivity index (χ1) is 9.67. The molecule has 0 saturated carbocycles. The summed E-state index contributed by atoms with van der Waals surface area (Å²) in [6.45, 7) is 0.532. The summed E-state index contributed by atoms with van der Waals surface area (Å²) >= 11 is 0. The number of benzene rings is 1. The predicted octanol–water partition coefficient (Wildman–Crippen LogP) is 1.17. The van der Waals surface area contributed by atoms with Crippen LogP contribution in [-0.4, -0.2) is 31.2 Å². The lowest BCUT2D eigenvalue weighted by Gasteiger charge is -2.09. The maximum Gasteiger partial charge on any atom is 0.251 e. The maximum atomic E-state index is 11.7. The molecule has 1 heterocycles. The van der Waals surface area contributed by atoms with E-state index < -0.39 is 0 Å². The van der Waals surface area contributed by atoms with Gasteiger partial charge in [-0.05, 0) is 25.2 Å². The lowest BCUT2D eigenvalue weighted by molar-refractivity contribution is 0.355. The summed E-state index contributed by atoms with van der Waals surface area (Å²) in [5.74, 6) is 1.72. The molecule has 20 heavy (non-hydrogen) atoms. The molecule has 0 aliphatic heterocycles. The molecule has 0 aliphatic carbocycles. The number of aromatic amines is 1. The Kier molecular flexibility index (Phi) is 4.37. The minimum absolute atomic E-state index is 0.185. The molecule has 1 aromatic heterocycles. The molecule has 106 valence electrons. The number of methoxy groups -OCH3 is 2. The van der Waals surface area contributed by atoms with Crippen molar-refractivity contribution in [3.63, 3.8) is 0 Å². The monoisotopic (exact) mass is 275 g/mol. The average Bonchev–Trinajstić information content (AvgIpc) is 2.46. The van der Waals surface area contributed by atoms with Gasteiger partial charge >= 0.3 is 0 Å². The number of rotatable bonds is 5. The van der Waals surface area contributed by atoms with Crippen LogP contribution in [0.2, 0.25) is 0 Å². The van der Waals surface area contributed by atoms with Crippen LogP contribution in [-0.2, 0) is 6.54 Å². The number of hydrogen-bond acceptors (Lipinski definition) is 5. The third kappa shape index (κ3) is 2.97. The van der Waals surface area contributed by atoms with Gasteiger partial charge in [0.1, 0.15) is 5.82 Å². The van der Waals surface area contributed by atoms with Crippen LogP contribution in [0.3, 0.4) is 0 Å². The van der Waals surface area contributed by atoms with Crippen LogP contribution < -0.4 is 20.3 Å². The second-order valence-electron chi connectivity index (χ2n) is 4.19. The zero-order valence-electron chi connectivity index (χ0n) is 11.7. The van der Waals surface area contributed by atoms with Crippen LogP contribution in [0.1, 0.15) is 5.69 Å². The van der Waals surface area contributed by atoms with Crippen LogP contribution >= 0.6 is 0 Å². The third-order valence-electron chi connectivity index (χ3n) is 2.81. The lowest BCUT2D eigenvalue weighted by atomic mass is 10.2. The van der Waals surface area contributed by atoms with Gasteiger partial charge in [0.05, 0.1) is 19.9 Å². The van der Waals surface area contributed by atoms with Crippen LogP contribution in [0, 0.1) is 0 Å². The Morgan fingerprint density at radius 3 is 2.60 bits per heavy atom. The van der Waals surface area contributed by atoms with Crippen LogP contribution in [0.25, 0.3) is 11.4 Å². The molecule has 1 aromatic carbocycles. The molecule has 0 amide bonds. The molecule has 0 unspecified atom stereocenters. The molecular weight excluding hydrogens is 258 g/mol. The van der Waals surface area contributed by atoms with Gasteiger partial charge in [-0.3, -0.25) is 4.79 Å². The zero-order chi connectivity index (χ0) is 14.5. The molecule has 6 nitrogen and oxygen atoms in total. The Balaban J connectivity index is 2.48. The Bertz CT molecular complexity index is 652. The topological polar surface area (TPSA) is 76.2 Å². The molecule has 2 N–H and O–H groups in total. The van der Waals surface area contributed by atoms with E-state index in [9.17, 15) is 4.79 Å². The van der Waals surface area contributed by atoms with Crippen LogP contribution in [0.4, 0.5) is 0 Å². The number of ether oxygens (including phenoxy) is 2. The molecule has 2 rings (SSSR count). The summed E-state index contributed by atoms with van der Waals surface area (Å²) in [7, 11) is 4.94. The van der Waals surface area contributed by atoms with Crippen molar-refractivity contribution >= 4 is 0 Å². The van der Waals surface area contributed by atoms with E-state index in [2.05, 4.69) is 15.3 Å². The Labute approximate surface area is 116 Å². The number of nitrogens with one attached hydrogen (secondary N) is 2. The molecular formula is C14H17N3O3. The molecule has 0 radical (unpaired) electrons. The highest BCUT2D eigenvalue weighted by Crippen LogP contribution is 2.30. The van der Waals surface area contributed by atoms with Gasteiger partial charge in [0.15, 0.2) is 11.5 Å². The summed E-state index contributed by atoms with van der Waals surface area (Å²) in [4.78, 5) is 18.8. The van der Waals surface area contributed by atoms with Gasteiger partial charge in [-0.15, -0.1) is 0 Å². The van der Waals surface area contributed by atoms with Gasteiger partial charge in [-0.2, -0.15) is 0 Å². The van der Waals surface area contributed by atoms with E-state index >= 15 is 0 Å². The standard InChI is InChI=1S/C14H17N3O3/c1-15-8-10-7-13(18)17-14(16-10)9-4-5-11(19-2)12(6-9)20-3/h4-7,15H,8H2,1-3H3,(H,16,17,18). The second kappa shape index (κ2) is 6.21. The molecule has 6 heteroatoms. The summed E-state index contributed by atoms with van der Waals surface area (Å²) in [5, 5.41) is 2.97. The van der Waals surface area contributed by atoms with Gasteiger partial charge in [0, 0.05) is 18.2 Å². The fraction of sp³-hybridized carbons (Fsp3) is 0.286. The fourth-order valence-electron chi connectivity index (χ4n) is 1.90. The highest BCUT2D eigenvalue weighted by molar-refractivity contribution is 5.61. The van der Waals surface area contributed by atoms with Crippen molar-refractivity contribution in [1.29, 1.82) is 0 Å². The van der Waals surface area contributed by atoms with Crippen LogP contribution in [0.5, 0.6) is 11.5 Å². The second-order valence-corrected chi connectivity index (χ2v) is 4.19. The predicted molar refractivity (Wildman–Crippen MR) is 76.2 cm³/mol. The van der Waals surface area contributed by atoms with E-state index in [0.717, 1.165) is 5.56 Å². The summed E-state index contributed by atoms with van der Waals surface area (Å²) in [5.41, 5.74) is 1.26. The fourth-order valence-corrected chi connectivity index (χ4v) is 1.90. The van der Waals surface area contributed by atoms with E-state index in [4.69, 9.17) is 9.47 Å². The highest BCUT2D eigenvalue weighted by Gasteiger charge is 2.09. The van der Waals surface area contributed by atoms with Gasteiger partial charge in [0.2, 0.25) is 0 Å². The average molecular weight is 275 g/mol. The van der Waals surface area contributed by atoms with Crippen molar-refractivity contribution in [1.82, 2.24) is 15.3 Å². The van der Waals surface area contributed by atoms with Crippen molar-refractivity contribution in [2.75, 3.05) is 21.3 Å². The molecule has 0 spiro atoms. The first-order valence-corrected chi connectivity index (χ1v) is 6.15. The van der Waals surface area contributed by atoms with E-state index in [0.29, 0.717) is 29.6 Å². The van der Waals surface area contributed by atoms with Crippen molar-refractivity contribution in [2.24, 2.45) is 0 Å². The smallest absolute Gasteiger partial charge is 0.251 e. The quantitative estimate of drug-likeness (QED) is 0.856. The SMILES string of the molecule is CNCc1cc(=O)[nH]c(-c2ccc(OC)c(OC)c2)n1. The zero-order valence-corrected chi connectivity index (χ0v) is 11.7. The van der Waals surface area contributed by atoms with Gasteiger partial charge in [-0.1, -0.05) is 0 Å². The molecule has 2 aromatic rings. The number of aromatic nitrogens is 2. The van der Waals surface area contributed by atoms with Gasteiger partial charge in [-0.25, -0.2) is 4.98 Å². The summed E-state index contributed by atoms with van der Waals surface area (Å²) in [6, 6.07) is 6.85. The number of nitrogens with zero attached hydrogens (tertiary/aromatic N) is 1. The Morgan fingerprint density at radius 1 is 1.20 bits per heavy atom. The Morgan fingerprint density at radius 2 is 1.95 bits per heavy atom. The normalized spacial score (nSPS) is 10.3. The minimum Gasteiger partial charge on any atom is -0.493 e. The van der Waals surface area contributed by atoms with E-state index in [1.54, 1.807) is 33.4 Å². The highest BCUT2D eigenvalue weighted by atomic mass is 16.5.